The Balaban J connectivity index is 1.44. The number of hydrogen-bond acceptors (Lipinski definition) is 8. The smallest absolute Gasteiger partial charge is 0.306 e. The molecule has 0 amide bonds. The van der Waals surface area contributed by atoms with Crippen LogP contribution in [0.3, 0.4) is 0 Å². The van der Waals surface area contributed by atoms with Crippen molar-refractivity contribution in [2.24, 2.45) is 11.7 Å². The second kappa shape index (κ2) is 13.1. The number of piperazine rings is 1. The van der Waals surface area contributed by atoms with Crippen LogP contribution in [0.2, 0.25) is 10.0 Å². The minimum atomic E-state index is -0.726. The van der Waals surface area contributed by atoms with Crippen LogP contribution in [0.1, 0.15) is 18.4 Å². The van der Waals surface area contributed by atoms with Gasteiger partial charge in [0.05, 0.1) is 18.3 Å². The second-order valence-electron chi connectivity index (χ2n) is 9.19. The standard InChI is InChI=1S/C26H32Cl2N6O3/c27-21-12-20(13-22(28)14-21)24(29)11-18(17-33-6-1-19(2-7-33)25(35)36)3-10-37-23-15-31-26(32-16-23)34-8-4-30-5-9-34/h3,11-16,19,30H,1-2,4-10,17,29H2,(H,35,36)/b18-3+,24-11-. The number of anilines is 1. The average molecular weight is 547 g/mol. The largest absolute Gasteiger partial charge is 0.486 e. The number of likely N-dealkylation sites (tertiary alicyclic amines) is 1. The molecule has 0 atom stereocenters. The Bertz CT molecular complexity index is 1110. The van der Waals surface area contributed by atoms with Crippen molar-refractivity contribution in [2.75, 3.05) is 57.3 Å². The summed E-state index contributed by atoms with van der Waals surface area (Å²) in [5.74, 6) is 0.266. The third kappa shape index (κ3) is 8.07. The maximum atomic E-state index is 11.3. The molecule has 2 fully saturated rings. The SMILES string of the molecule is N/C(=C\C(=C/COc1cnc(N2CCNCC2)nc1)CN1CCC(C(=O)O)CC1)c1cc(Cl)cc(Cl)c1. The van der Waals surface area contributed by atoms with E-state index in [1.54, 1.807) is 30.6 Å². The Morgan fingerprint density at radius 3 is 2.38 bits per heavy atom. The van der Waals surface area contributed by atoms with Crippen LogP contribution in [0, 0.1) is 5.92 Å². The molecule has 37 heavy (non-hydrogen) atoms. The van der Waals surface area contributed by atoms with E-state index in [1.165, 1.54) is 0 Å². The molecule has 0 bridgehead atoms. The van der Waals surface area contributed by atoms with Crippen molar-refractivity contribution in [3.05, 3.63) is 63.9 Å². The number of ether oxygens (including phenoxy) is 1. The maximum absolute atomic E-state index is 11.3. The van der Waals surface area contributed by atoms with Crippen LogP contribution in [0.15, 0.2) is 48.3 Å². The highest BCUT2D eigenvalue weighted by Gasteiger charge is 2.24. The molecule has 0 radical (unpaired) electrons. The van der Waals surface area contributed by atoms with E-state index in [2.05, 4.69) is 25.1 Å². The number of hydrogen-bond donors (Lipinski definition) is 3. The highest BCUT2D eigenvalue weighted by Crippen LogP contribution is 2.24. The van der Waals surface area contributed by atoms with Gasteiger partial charge in [0.2, 0.25) is 5.95 Å². The Morgan fingerprint density at radius 2 is 1.76 bits per heavy atom. The van der Waals surface area contributed by atoms with E-state index < -0.39 is 5.97 Å². The normalized spacial score (nSPS) is 18.2. The first kappa shape index (κ1) is 27.2. The fourth-order valence-electron chi connectivity index (χ4n) is 4.43. The number of nitrogens with two attached hydrogens (primary N) is 1. The summed E-state index contributed by atoms with van der Waals surface area (Å²) in [6.07, 6.45) is 8.47. The zero-order chi connectivity index (χ0) is 26.2. The number of piperidine rings is 1. The van der Waals surface area contributed by atoms with Crippen molar-refractivity contribution in [3.63, 3.8) is 0 Å². The summed E-state index contributed by atoms with van der Waals surface area (Å²) in [6, 6.07) is 5.19. The second-order valence-corrected chi connectivity index (χ2v) is 10.1. The molecule has 2 aliphatic rings. The van der Waals surface area contributed by atoms with Crippen molar-refractivity contribution in [3.8, 4) is 5.75 Å². The van der Waals surface area contributed by atoms with E-state index in [-0.39, 0.29) is 5.92 Å². The number of rotatable bonds is 9. The van der Waals surface area contributed by atoms with Gasteiger partial charge in [0.1, 0.15) is 6.61 Å². The molecule has 3 heterocycles. The first-order valence-corrected chi connectivity index (χ1v) is 13.1. The lowest BCUT2D eigenvalue weighted by molar-refractivity contribution is -0.143. The van der Waals surface area contributed by atoms with Crippen LogP contribution in [0.25, 0.3) is 5.70 Å². The molecule has 198 valence electrons. The molecule has 2 aromatic rings. The number of carboxylic acid groups (broad SMARTS) is 1. The van der Waals surface area contributed by atoms with E-state index in [9.17, 15) is 9.90 Å². The van der Waals surface area contributed by atoms with Crippen LogP contribution < -0.4 is 20.7 Å². The predicted octanol–water partition coefficient (Wildman–Crippen LogP) is 3.29. The quantitative estimate of drug-likeness (QED) is 0.407. The number of carboxylic acids is 1. The number of nitrogens with one attached hydrogen (secondary N) is 1. The molecule has 0 spiro atoms. The molecule has 4 rings (SSSR count). The lowest BCUT2D eigenvalue weighted by Gasteiger charge is -2.30. The molecule has 1 aromatic heterocycles. The molecular weight excluding hydrogens is 515 g/mol. The van der Waals surface area contributed by atoms with Gasteiger partial charge in [0.25, 0.3) is 0 Å². The molecule has 0 saturated carbocycles. The molecular formula is C26H32Cl2N6O3. The summed E-state index contributed by atoms with van der Waals surface area (Å²) in [4.78, 5) is 24.6. The highest BCUT2D eigenvalue weighted by atomic mass is 35.5. The zero-order valence-electron chi connectivity index (χ0n) is 20.6. The minimum absolute atomic E-state index is 0.287. The molecule has 4 N–H and O–H groups in total. The summed E-state index contributed by atoms with van der Waals surface area (Å²) in [5, 5.41) is 13.6. The maximum Gasteiger partial charge on any atom is 0.306 e. The van der Waals surface area contributed by atoms with E-state index in [4.69, 9.17) is 33.7 Å². The fourth-order valence-corrected chi connectivity index (χ4v) is 4.95. The van der Waals surface area contributed by atoms with Gasteiger partial charge in [-0.05, 0) is 61.9 Å². The van der Waals surface area contributed by atoms with Gasteiger partial charge >= 0.3 is 5.97 Å². The minimum Gasteiger partial charge on any atom is -0.486 e. The van der Waals surface area contributed by atoms with Crippen molar-refractivity contribution in [1.29, 1.82) is 0 Å². The lowest BCUT2D eigenvalue weighted by atomic mass is 9.96. The molecule has 9 nitrogen and oxygen atoms in total. The van der Waals surface area contributed by atoms with Gasteiger partial charge in [-0.25, -0.2) is 9.97 Å². The zero-order valence-corrected chi connectivity index (χ0v) is 22.1. The summed E-state index contributed by atoms with van der Waals surface area (Å²) in [5.41, 5.74) is 8.61. The molecule has 2 saturated heterocycles. The third-order valence-electron chi connectivity index (χ3n) is 6.49. The molecule has 1 aromatic carbocycles. The monoisotopic (exact) mass is 546 g/mol. The van der Waals surface area contributed by atoms with Gasteiger partial charge in [0.15, 0.2) is 5.75 Å². The van der Waals surface area contributed by atoms with Crippen molar-refractivity contribution in [1.82, 2.24) is 20.2 Å². The van der Waals surface area contributed by atoms with Crippen LogP contribution in [-0.4, -0.2) is 78.4 Å². The van der Waals surface area contributed by atoms with E-state index in [0.29, 0.717) is 66.5 Å². The predicted molar refractivity (Wildman–Crippen MR) is 146 cm³/mol. The van der Waals surface area contributed by atoms with Crippen LogP contribution >= 0.6 is 23.2 Å². The first-order valence-electron chi connectivity index (χ1n) is 12.4. The van der Waals surface area contributed by atoms with Gasteiger partial charge in [-0.15, -0.1) is 0 Å². The Kier molecular flexibility index (Phi) is 9.62. The van der Waals surface area contributed by atoms with Gasteiger partial charge in [-0.1, -0.05) is 23.2 Å². The Morgan fingerprint density at radius 1 is 1.11 bits per heavy atom. The number of nitrogens with zero attached hydrogens (tertiary/aromatic N) is 4. The van der Waals surface area contributed by atoms with Crippen molar-refractivity contribution in [2.45, 2.75) is 12.8 Å². The third-order valence-corrected chi connectivity index (χ3v) is 6.93. The average Bonchev–Trinajstić information content (AvgIpc) is 2.89. The van der Waals surface area contributed by atoms with Crippen molar-refractivity contribution < 1.29 is 14.6 Å². The van der Waals surface area contributed by atoms with Gasteiger partial charge in [0, 0.05) is 54.0 Å². The number of aromatic nitrogens is 2. The highest BCUT2D eigenvalue weighted by molar-refractivity contribution is 6.34. The molecule has 0 unspecified atom stereocenters. The molecule has 11 heteroatoms. The van der Waals surface area contributed by atoms with Crippen LogP contribution in [0.4, 0.5) is 5.95 Å². The molecule has 2 aliphatic heterocycles. The number of aliphatic carboxylic acids is 1. The Labute approximate surface area is 226 Å². The van der Waals surface area contributed by atoms with Crippen molar-refractivity contribution >= 4 is 40.8 Å². The lowest BCUT2D eigenvalue weighted by Crippen LogP contribution is -2.44. The summed E-state index contributed by atoms with van der Waals surface area (Å²) < 4.78 is 5.90. The number of carbonyl (C=O) groups is 1. The van der Waals surface area contributed by atoms with Crippen LogP contribution in [0.5, 0.6) is 5.75 Å². The number of halogens is 2. The van der Waals surface area contributed by atoms with E-state index >= 15 is 0 Å². The summed E-state index contributed by atoms with van der Waals surface area (Å²) in [7, 11) is 0. The van der Waals surface area contributed by atoms with Gasteiger partial charge < -0.3 is 25.8 Å². The van der Waals surface area contributed by atoms with E-state index in [1.807, 2.05) is 12.2 Å². The Hall–Kier alpha value is -2.85. The van der Waals surface area contributed by atoms with E-state index in [0.717, 1.165) is 37.3 Å². The summed E-state index contributed by atoms with van der Waals surface area (Å²) in [6.45, 7) is 5.91. The first-order chi connectivity index (χ1) is 17.9. The number of benzene rings is 1. The fraction of sp³-hybridized carbons (Fsp3) is 0.423. The molecule has 0 aliphatic carbocycles. The summed E-state index contributed by atoms with van der Waals surface area (Å²) >= 11 is 12.3. The van der Waals surface area contributed by atoms with Gasteiger partial charge in [-0.2, -0.15) is 0 Å². The van der Waals surface area contributed by atoms with Gasteiger partial charge in [-0.3, -0.25) is 9.69 Å². The van der Waals surface area contributed by atoms with Crippen LogP contribution in [-0.2, 0) is 4.79 Å². The topological polar surface area (TPSA) is 117 Å².